The Bertz CT molecular complexity index is 569. The second-order valence-corrected chi connectivity index (χ2v) is 5.20. The molecule has 0 amide bonds. The van der Waals surface area contributed by atoms with Crippen molar-refractivity contribution in [3.63, 3.8) is 0 Å². The van der Waals surface area contributed by atoms with Gasteiger partial charge in [0.1, 0.15) is 0 Å². The third-order valence-electron chi connectivity index (χ3n) is 3.80. The summed E-state index contributed by atoms with van der Waals surface area (Å²) in [6.07, 6.45) is 2.30. The SMILES string of the molecule is Cc1c(N)cccc1-c1nnnn1C1CC(C)C1. The molecule has 94 valence electrons. The molecule has 0 unspecified atom stereocenters. The highest BCUT2D eigenvalue weighted by Crippen LogP contribution is 2.39. The lowest BCUT2D eigenvalue weighted by molar-refractivity contribution is 0.199. The first kappa shape index (κ1) is 11.2. The van der Waals surface area contributed by atoms with E-state index in [1.807, 2.05) is 29.8 Å². The van der Waals surface area contributed by atoms with Crippen molar-refractivity contribution in [3.8, 4) is 11.4 Å². The van der Waals surface area contributed by atoms with Crippen LogP contribution in [-0.2, 0) is 0 Å². The number of hydrogen-bond acceptors (Lipinski definition) is 4. The highest BCUT2D eigenvalue weighted by Gasteiger charge is 2.30. The monoisotopic (exact) mass is 243 g/mol. The second kappa shape index (κ2) is 4.08. The van der Waals surface area contributed by atoms with E-state index in [1.54, 1.807) is 0 Å². The third kappa shape index (κ3) is 1.66. The van der Waals surface area contributed by atoms with Crippen LogP contribution < -0.4 is 5.73 Å². The van der Waals surface area contributed by atoms with Crippen LogP contribution in [0.4, 0.5) is 5.69 Å². The Morgan fingerprint density at radius 1 is 1.33 bits per heavy atom. The first-order valence-corrected chi connectivity index (χ1v) is 6.30. The molecule has 0 aliphatic heterocycles. The molecule has 1 fully saturated rings. The van der Waals surface area contributed by atoms with Gasteiger partial charge < -0.3 is 5.73 Å². The van der Waals surface area contributed by atoms with Crippen molar-refractivity contribution in [2.45, 2.75) is 32.7 Å². The zero-order valence-corrected chi connectivity index (χ0v) is 10.7. The van der Waals surface area contributed by atoms with Crippen LogP contribution in [-0.4, -0.2) is 20.2 Å². The molecule has 18 heavy (non-hydrogen) atoms. The number of tetrazole rings is 1. The standard InChI is InChI=1S/C13H17N5/c1-8-6-10(7-8)18-13(15-16-17-18)11-4-3-5-12(14)9(11)2/h3-5,8,10H,6-7,14H2,1-2H3. The van der Waals surface area contributed by atoms with Crippen molar-refractivity contribution in [1.29, 1.82) is 0 Å². The lowest BCUT2D eigenvalue weighted by atomic mass is 9.82. The lowest BCUT2D eigenvalue weighted by Gasteiger charge is -2.32. The van der Waals surface area contributed by atoms with Gasteiger partial charge in [0.05, 0.1) is 6.04 Å². The highest BCUT2D eigenvalue weighted by atomic mass is 15.6. The van der Waals surface area contributed by atoms with Crippen molar-refractivity contribution >= 4 is 5.69 Å². The molecular formula is C13H17N5. The van der Waals surface area contributed by atoms with Gasteiger partial charge >= 0.3 is 0 Å². The maximum Gasteiger partial charge on any atom is 0.182 e. The summed E-state index contributed by atoms with van der Waals surface area (Å²) in [5.74, 6) is 1.60. The Morgan fingerprint density at radius 2 is 2.11 bits per heavy atom. The average molecular weight is 243 g/mol. The van der Waals surface area contributed by atoms with Crippen LogP contribution in [0.1, 0.15) is 31.4 Å². The number of nitrogen functional groups attached to an aromatic ring is 1. The van der Waals surface area contributed by atoms with Crippen molar-refractivity contribution in [2.24, 2.45) is 5.92 Å². The van der Waals surface area contributed by atoms with Gasteiger partial charge in [-0.3, -0.25) is 0 Å². The van der Waals surface area contributed by atoms with Crippen LogP contribution in [0.2, 0.25) is 0 Å². The molecule has 5 nitrogen and oxygen atoms in total. The quantitative estimate of drug-likeness (QED) is 0.821. The number of aromatic nitrogens is 4. The van der Waals surface area contributed by atoms with Crippen molar-refractivity contribution in [3.05, 3.63) is 23.8 Å². The number of nitrogens with two attached hydrogens (primary N) is 1. The van der Waals surface area contributed by atoms with E-state index in [0.29, 0.717) is 6.04 Å². The molecule has 1 saturated carbocycles. The molecule has 0 bridgehead atoms. The predicted octanol–water partition coefficient (Wildman–Crippen LogP) is 2.20. The van der Waals surface area contributed by atoms with Gasteiger partial charge in [-0.15, -0.1) is 5.10 Å². The Hall–Kier alpha value is -1.91. The van der Waals surface area contributed by atoms with Gasteiger partial charge in [-0.05, 0) is 47.7 Å². The van der Waals surface area contributed by atoms with E-state index < -0.39 is 0 Å². The summed E-state index contributed by atoms with van der Waals surface area (Å²) >= 11 is 0. The fraction of sp³-hybridized carbons (Fsp3) is 0.462. The van der Waals surface area contributed by atoms with Crippen molar-refractivity contribution < 1.29 is 0 Å². The van der Waals surface area contributed by atoms with E-state index in [0.717, 1.165) is 41.4 Å². The zero-order valence-electron chi connectivity index (χ0n) is 10.7. The number of nitrogens with zero attached hydrogens (tertiary/aromatic N) is 4. The smallest absolute Gasteiger partial charge is 0.182 e. The van der Waals surface area contributed by atoms with E-state index in [2.05, 4.69) is 22.4 Å². The molecule has 0 spiro atoms. The molecule has 1 aliphatic carbocycles. The number of hydrogen-bond donors (Lipinski definition) is 1. The van der Waals surface area contributed by atoms with Gasteiger partial charge in [-0.2, -0.15) is 0 Å². The summed E-state index contributed by atoms with van der Waals surface area (Å²) in [5.41, 5.74) is 8.79. The van der Waals surface area contributed by atoms with Crippen molar-refractivity contribution in [2.75, 3.05) is 5.73 Å². The summed E-state index contributed by atoms with van der Waals surface area (Å²) in [6.45, 7) is 4.26. The Labute approximate surface area is 106 Å². The molecule has 1 aromatic heterocycles. The van der Waals surface area contributed by atoms with Crippen LogP contribution in [0.3, 0.4) is 0 Å². The molecule has 3 rings (SSSR count). The summed E-state index contributed by atoms with van der Waals surface area (Å²) in [7, 11) is 0. The van der Waals surface area contributed by atoms with E-state index in [1.165, 1.54) is 0 Å². The number of anilines is 1. The summed E-state index contributed by atoms with van der Waals surface area (Å²) in [6, 6.07) is 6.31. The summed E-state index contributed by atoms with van der Waals surface area (Å²) in [5, 5.41) is 12.1. The van der Waals surface area contributed by atoms with Gasteiger partial charge in [0.2, 0.25) is 0 Å². The van der Waals surface area contributed by atoms with Crippen LogP contribution in [0.15, 0.2) is 18.2 Å². The molecule has 2 aromatic rings. The molecule has 0 radical (unpaired) electrons. The lowest BCUT2D eigenvalue weighted by Crippen LogP contribution is -2.26. The van der Waals surface area contributed by atoms with Crippen molar-refractivity contribution in [1.82, 2.24) is 20.2 Å². The van der Waals surface area contributed by atoms with Crippen LogP contribution in [0.5, 0.6) is 0 Å². The minimum atomic E-state index is 0.436. The third-order valence-corrected chi connectivity index (χ3v) is 3.80. The van der Waals surface area contributed by atoms with E-state index >= 15 is 0 Å². The maximum atomic E-state index is 5.94. The fourth-order valence-electron chi connectivity index (χ4n) is 2.57. The Morgan fingerprint density at radius 3 is 2.83 bits per heavy atom. The van der Waals surface area contributed by atoms with Gasteiger partial charge in [0, 0.05) is 11.3 Å². The van der Waals surface area contributed by atoms with Gasteiger partial charge in [-0.1, -0.05) is 19.1 Å². The average Bonchev–Trinajstić information content (AvgIpc) is 2.77. The highest BCUT2D eigenvalue weighted by molar-refractivity contribution is 5.67. The molecule has 0 saturated heterocycles. The molecule has 5 heteroatoms. The van der Waals surface area contributed by atoms with Gasteiger partial charge in [-0.25, -0.2) is 4.68 Å². The van der Waals surface area contributed by atoms with Crippen LogP contribution in [0.25, 0.3) is 11.4 Å². The predicted molar refractivity (Wildman–Crippen MR) is 69.8 cm³/mol. The Balaban J connectivity index is 2.02. The van der Waals surface area contributed by atoms with Crippen LogP contribution in [0, 0.1) is 12.8 Å². The molecule has 1 aliphatic rings. The zero-order chi connectivity index (χ0) is 12.7. The number of benzene rings is 1. The van der Waals surface area contributed by atoms with E-state index in [4.69, 9.17) is 5.73 Å². The molecule has 2 N–H and O–H groups in total. The summed E-state index contributed by atoms with van der Waals surface area (Å²) < 4.78 is 1.95. The number of rotatable bonds is 2. The first-order valence-electron chi connectivity index (χ1n) is 6.30. The minimum absolute atomic E-state index is 0.436. The molecule has 0 atom stereocenters. The van der Waals surface area contributed by atoms with E-state index in [9.17, 15) is 0 Å². The van der Waals surface area contributed by atoms with Gasteiger partial charge in [0.15, 0.2) is 5.82 Å². The first-order chi connectivity index (χ1) is 8.66. The molecule has 1 aromatic carbocycles. The van der Waals surface area contributed by atoms with Gasteiger partial charge in [0.25, 0.3) is 0 Å². The van der Waals surface area contributed by atoms with Crippen LogP contribution >= 0.6 is 0 Å². The molecular weight excluding hydrogens is 226 g/mol. The normalized spacial score (nSPS) is 22.8. The Kier molecular flexibility index (Phi) is 2.54. The maximum absolute atomic E-state index is 5.94. The topological polar surface area (TPSA) is 69.6 Å². The summed E-state index contributed by atoms with van der Waals surface area (Å²) in [4.78, 5) is 0. The van der Waals surface area contributed by atoms with E-state index in [-0.39, 0.29) is 0 Å². The second-order valence-electron chi connectivity index (χ2n) is 5.20. The minimum Gasteiger partial charge on any atom is -0.398 e. The largest absolute Gasteiger partial charge is 0.398 e. The fourth-order valence-corrected chi connectivity index (χ4v) is 2.57. The molecule has 1 heterocycles.